The van der Waals surface area contributed by atoms with Crippen LogP contribution in [0, 0.1) is 5.92 Å². The second-order valence-corrected chi connectivity index (χ2v) is 3.39. The average molecular weight is 201 g/mol. The smallest absolute Gasteiger partial charge is 0.225 e. The maximum absolute atomic E-state index is 11.4. The number of oxime groups is 1. The van der Waals surface area contributed by atoms with Gasteiger partial charge in [-0.1, -0.05) is 5.16 Å². The van der Waals surface area contributed by atoms with Crippen LogP contribution in [0.5, 0.6) is 0 Å². The van der Waals surface area contributed by atoms with Gasteiger partial charge < -0.3 is 21.0 Å². The maximum atomic E-state index is 11.4. The summed E-state index contributed by atoms with van der Waals surface area (Å²) in [7, 11) is 0. The molecule has 0 spiro atoms. The van der Waals surface area contributed by atoms with E-state index < -0.39 is 0 Å². The highest BCUT2D eigenvalue weighted by Crippen LogP contribution is 2.18. The van der Waals surface area contributed by atoms with Crippen molar-refractivity contribution in [3.63, 3.8) is 0 Å². The van der Waals surface area contributed by atoms with E-state index in [2.05, 4.69) is 10.5 Å². The first-order chi connectivity index (χ1) is 6.63. The number of carbonyl (C=O) groups is 1. The molecular formula is C8H15N3O3. The van der Waals surface area contributed by atoms with Gasteiger partial charge in [0.2, 0.25) is 5.91 Å². The molecule has 0 aromatic heterocycles. The maximum Gasteiger partial charge on any atom is 0.225 e. The molecule has 1 amide bonds. The van der Waals surface area contributed by atoms with Gasteiger partial charge in [0.1, 0.15) is 0 Å². The number of amidine groups is 1. The highest BCUT2D eigenvalue weighted by Gasteiger charge is 2.27. The summed E-state index contributed by atoms with van der Waals surface area (Å²) in [6.45, 7) is 2.44. The molecule has 0 aromatic rings. The number of ether oxygens (including phenoxy) is 1. The van der Waals surface area contributed by atoms with E-state index in [0.29, 0.717) is 6.61 Å². The average Bonchev–Trinajstić information content (AvgIpc) is 2.60. The molecule has 0 saturated carbocycles. The zero-order chi connectivity index (χ0) is 10.6. The van der Waals surface area contributed by atoms with Crippen LogP contribution in [-0.2, 0) is 9.53 Å². The summed E-state index contributed by atoms with van der Waals surface area (Å²) < 4.78 is 5.25. The Kier molecular flexibility index (Phi) is 3.70. The summed E-state index contributed by atoms with van der Waals surface area (Å²) in [5.41, 5.74) is 5.20. The number of rotatable bonds is 3. The predicted octanol–water partition coefficient (Wildman–Crippen LogP) is -0.726. The van der Waals surface area contributed by atoms with Crippen molar-refractivity contribution < 1.29 is 14.7 Å². The number of amides is 1. The highest BCUT2D eigenvalue weighted by atomic mass is 16.5. The molecule has 0 bridgehead atoms. The molecule has 80 valence electrons. The molecule has 0 aliphatic carbocycles. The van der Waals surface area contributed by atoms with Crippen LogP contribution in [0.25, 0.3) is 0 Å². The zero-order valence-electron chi connectivity index (χ0n) is 8.06. The lowest BCUT2D eigenvalue weighted by Gasteiger charge is -2.07. The lowest BCUT2D eigenvalue weighted by Crippen LogP contribution is -2.37. The Morgan fingerprint density at radius 2 is 2.50 bits per heavy atom. The number of hydrogen-bond acceptors (Lipinski definition) is 4. The largest absolute Gasteiger partial charge is 0.409 e. The normalized spacial score (nSPS) is 27.6. The molecule has 14 heavy (non-hydrogen) atoms. The summed E-state index contributed by atoms with van der Waals surface area (Å²) >= 11 is 0. The minimum Gasteiger partial charge on any atom is -0.409 e. The van der Waals surface area contributed by atoms with Gasteiger partial charge in [-0.05, 0) is 13.3 Å². The summed E-state index contributed by atoms with van der Waals surface area (Å²) in [5.74, 6) is -0.234. The molecule has 0 aromatic carbocycles. The van der Waals surface area contributed by atoms with Crippen molar-refractivity contribution in [3.05, 3.63) is 0 Å². The minimum atomic E-state index is -0.114. The highest BCUT2D eigenvalue weighted by molar-refractivity contribution is 5.87. The zero-order valence-corrected chi connectivity index (χ0v) is 8.06. The molecule has 1 fully saturated rings. The third-order valence-corrected chi connectivity index (χ3v) is 2.14. The molecule has 1 aliphatic rings. The standard InChI is InChI=1S/C8H15N3O3/c1-5-2-6(4-14-5)8(12)10-3-7(9)11-13/h5-6,13H,2-4H2,1H3,(H2,9,11)(H,10,12). The van der Waals surface area contributed by atoms with Crippen LogP contribution < -0.4 is 11.1 Å². The van der Waals surface area contributed by atoms with Crippen LogP contribution in [0.4, 0.5) is 0 Å². The molecule has 1 aliphatic heterocycles. The lowest BCUT2D eigenvalue weighted by atomic mass is 10.1. The van der Waals surface area contributed by atoms with Crippen LogP contribution in [0.1, 0.15) is 13.3 Å². The quantitative estimate of drug-likeness (QED) is 0.243. The number of carbonyl (C=O) groups excluding carboxylic acids is 1. The summed E-state index contributed by atoms with van der Waals surface area (Å²) in [6, 6.07) is 0. The van der Waals surface area contributed by atoms with Gasteiger partial charge in [0.05, 0.1) is 25.2 Å². The second kappa shape index (κ2) is 4.80. The van der Waals surface area contributed by atoms with Gasteiger partial charge in [0.15, 0.2) is 5.84 Å². The second-order valence-electron chi connectivity index (χ2n) is 3.39. The summed E-state index contributed by atoms with van der Waals surface area (Å²) in [4.78, 5) is 11.4. The van der Waals surface area contributed by atoms with Gasteiger partial charge in [-0.2, -0.15) is 0 Å². The Morgan fingerprint density at radius 3 is 3.00 bits per heavy atom. The van der Waals surface area contributed by atoms with E-state index in [9.17, 15) is 4.79 Å². The molecule has 1 saturated heterocycles. The van der Waals surface area contributed by atoms with Crippen molar-refractivity contribution in [2.24, 2.45) is 16.8 Å². The fourth-order valence-electron chi connectivity index (χ4n) is 1.36. The van der Waals surface area contributed by atoms with E-state index in [1.165, 1.54) is 0 Å². The fraction of sp³-hybridized carbons (Fsp3) is 0.750. The summed E-state index contributed by atoms with van der Waals surface area (Å²) in [6.07, 6.45) is 0.858. The molecule has 1 heterocycles. The van der Waals surface area contributed by atoms with Crippen LogP contribution in [0.2, 0.25) is 0 Å². The van der Waals surface area contributed by atoms with Crippen molar-refractivity contribution in [3.8, 4) is 0 Å². The number of nitrogens with two attached hydrogens (primary N) is 1. The van der Waals surface area contributed by atoms with Crippen molar-refractivity contribution in [1.82, 2.24) is 5.32 Å². The SMILES string of the molecule is CC1CC(C(=O)NCC(N)=NO)CO1. The molecule has 6 heteroatoms. The van der Waals surface area contributed by atoms with Crippen molar-refractivity contribution in [2.45, 2.75) is 19.4 Å². The Labute approximate surface area is 82.1 Å². The van der Waals surface area contributed by atoms with Crippen LogP contribution in [0.3, 0.4) is 0 Å². The van der Waals surface area contributed by atoms with Crippen molar-refractivity contribution in [2.75, 3.05) is 13.2 Å². The predicted molar refractivity (Wildman–Crippen MR) is 49.9 cm³/mol. The Hall–Kier alpha value is -1.30. The fourth-order valence-corrected chi connectivity index (χ4v) is 1.36. The molecule has 2 atom stereocenters. The third-order valence-electron chi connectivity index (χ3n) is 2.14. The monoisotopic (exact) mass is 201 g/mol. The summed E-state index contributed by atoms with van der Waals surface area (Å²) in [5, 5.41) is 13.6. The first kappa shape index (κ1) is 10.8. The molecule has 2 unspecified atom stereocenters. The van der Waals surface area contributed by atoms with E-state index in [1.54, 1.807) is 0 Å². The Bertz CT molecular complexity index is 242. The van der Waals surface area contributed by atoms with Crippen LogP contribution in [0.15, 0.2) is 5.16 Å². The number of hydrogen-bond donors (Lipinski definition) is 3. The van der Waals surface area contributed by atoms with Crippen LogP contribution >= 0.6 is 0 Å². The number of nitrogens with one attached hydrogen (secondary N) is 1. The van der Waals surface area contributed by atoms with E-state index in [0.717, 1.165) is 6.42 Å². The van der Waals surface area contributed by atoms with E-state index in [4.69, 9.17) is 15.7 Å². The molecular weight excluding hydrogens is 186 g/mol. The van der Waals surface area contributed by atoms with Crippen molar-refractivity contribution >= 4 is 11.7 Å². The van der Waals surface area contributed by atoms with E-state index >= 15 is 0 Å². The van der Waals surface area contributed by atoms with Gasteiger partial charge in [-0.3, -0.25) is 4.79 Å². The molecule has 0 radical (unpaired) electrons. The van der Waals surface area contributed by atoms with Gasteiger partial charge >= 0.3 is 0 Å². The van der Waals surface area contributed by atoms with Crippen LogP contribution in [-0.4, -0.2) is 36.2 Å². The Morgan fingerprint density at radius 1 is 1.79 bits per heavy atom. The first-order valence-electron chi connectivity index (χ1n) is 4.49. The van der Waals surface area contributed by atoms with Crippen molar-refractivity contribution in [1.29, 1.82) is 0 Å². The van der Waals surface area contributed by atoms with Gasteiger partial charge in [-0.25, -0.2) is 0 Å². The third kappa shape index (κ3) is 2.88. The van der Waals surface area contributed by atoms with E-state index in [1.807, 2.05) is 6.92 Å². The number of nitrogens with zero attached hydrogens (tertiary/aromatic N) is 1. The first-order valence-corrected chi connectivity index (χ1v) is 4.49. The molecule has 1 rings (SSSR count). The minimum absolute atomic E-state index is 0.00897. The molecule has 4 N–H and O–H groups in total. The topological polar surface area (TPSA) is 96.9 Å². The van der Waals surface area contributed by atoms with Gasteiger partial charge in [-0.15, -0.1) is 0 Å². The van der Waals surface area contributed by atoms with Gasteiger partial charge in [0, 0.05) is 0 Å². The molecule has 6 nitrogen and oxygen atoms in total. The Balaban J connectivity index is 2.29. The van der Waals surface area contributed by atoms with Gasteiger partial charge in [0.25, 0.3) is 0 Å². The lowest BCUT2D eigenvalue weighted by molar-refractivity contribution is -0.124. The van der Waals surface area contributed by atoms with E-state index in [-0.39, 0.29) is 30.3 Å².